The lowest BCUT2D eigenvalue weighted by atomic mass is 10.1. The van der Waals surface area contributed by atoms with E-state index in [-0.39, 0.29) is 11.9 Å². The highest BCUT2D eigenvalue weighted by Gasteiger charge is 2.24. The number of hydrogen-bond donors (Lipinski definition) is 1. The van der Waals surface area contributed by atoms with Gasteiger partial charge in [-0.1, -0.05) is 30.3 Å². The first-order chi connectivity index (χ1) is 16.1. The smallest absolute Gasteiger partial charge is 0.317 e. The maximum Gasteiger partial charge on any atom is 0.317 e. The third-order valence-electron chi connectivity index (χ3n) is 5.63. The van der Waals surface area contributed by atoms with Crippen molar-refractivity contribution in [1.29, 1.82) is 0 Å². The van der Waals surface area contributed by atoms with Crippen LogP contribution in [-0.2, 0) is 20.1 Å². The van der Waals surface area contributed by atoms with E-state index in [0.717, 1.165) is 17.1 Å². The van der Waals surface area contributed by atoms with Gasteiger partial charge in [-0.2, -0.15) is 5.10 Å². The lowest BCUT2D eigenvalue weighted by molar-refractivity contribution is 0.0665. The van der Waals surface area contributed by atoms with E-state index in [2.05, 4.69) is 15.4 Å². The number of ether oxygens (including phenoxy) is 1. The number of amides is 3. The Kier molecular flexibility index (Phi) is 7.19. The van der Waals surface area contributed by atoms with Crippen LogP contribution in [0.2, 0.25) is 0 Å². The van der Waals surface area contributed by atoms with E-state index < -0.39 is 0 Å². The first-order valence-electron chi connectivity index (χ1n) is 11.0. The standard InChI is InChI=1S/C24H28N6O3/c1-28-22(26-18-27-28)11-12-25-24(32)30-15-13-29(14-16-30)23(31)20-7-9-21(10-8-20)33-17-19-5-3-2-4-6-19/h2-10,18H,11-17H2,1H3,(H,25,32). The predicted octanol–water partition coefficient (Wildman–Crippen LogP) is 2.10. The summed E-state index contributed by atoms with van der Waals surface area (Å²) in [5.41, 5.74) is 1.71. The Morgan fingerprint density at radius 3 is 2.33 bits per heavy atom. The number of hydrogen-bond acceptors (Lipinski definition) is 5. The first-order valence-corrected chi connectivity index (χ1v) is 11.0. The van der Waals surface area contributed by atoms with Gasteiger partial charge in [0.05, 0.1) is 0 Å². The summed E-state index contributed by atoms with van der Waals surface area (Å²) in [6.45, 7) is 2.98. The monoisotopic (exact) mass is 448 g/mol. The number of rotatable bonds is 7. The number of nitrogens with zero attached hydrogens (tertiary/aromatic N) is 5. The molecule has 1 aromatic heterocycles. The molecule has 1 saturated heterocycles. The van der Waals surface area contributed by atoms with Crippen LogP contribution in [0, 0.1) is 0 Å². The average molecular weight is 449 g/mol. The molecule has 0 saturated carbocycles. The highest BCUT2D eigenvalue weighted by atomic mass is 16.5. The predicted molar refractivity (Wildman–Crippen MR) is 123 cm³/mol. The molecule has 1 aliphatic rings. The van der Waals surface area contributed by atoms with Crippen molar-refractivity contribution in [2.24, 2.45) is 7.05 Å². The van der Waals surface area contributed by atoms with E-state index in [9.17, 15) is 9.59 Å². The molecular weight excluding hydrogens is 420 g/mol. The Hall–Kier alpha value is -3.88. The van der Waals surface area contributed by atoms with Crippen molar-refractivity contribution in [3.63, 3.8) is 0 Å². The molecule has 0 aliphatic carbocycles. The topological polar surface area (TPSA) is 92.6 Å². The molecule has 0 spiro atoms. The van der Waals surface area contributed by atoms with E-state index in [1.54, 1.807) is 26.6 Å². The Bertz CT molecular complexity index is 1060. The molecule has 0 bridgehead atoms. The summed E-state index contributed by atoms with van der Waals surface area (Å²) in [6, 6.07) is 17.0. The van der Waals surface area contributed by atoms with Gasteiger partial charge in [-0.05, 0) is 29.8 Å². The lowest BCUT2D eigenvalue weighted by Crippen LogP contribution is -2.53. The van der Waals surface area contributed by atoms with E-state index in [1.165, 1.54) is 6.33 Å². The zero-order valence-electron chi connectivity index (χ0n) is 18.7. The Labute approximate surface area is 193 Å². The summed E-state index contributed by atoms with van der Waals surface area (Å²) in [4.78, 5) is 32.9. The van der Waals surface area contributed by atoms with Crippen molar-refractivity contribution in [3.8, 4) is 5.75 Å². The van der Waals surface area contributed by atoms with Crippen molar-refractivity contribution < 1.29 is 14.3 Å². The van der Waals surface area contributed by atoms with Crippen LogP contribution in [-0.4, -0.2) is 69.2 Å². The summed E-state index contributed by atoms with van der Waals surface area (Å²) in [5, 5.41) is 6.93. The van der Waals surface area contributed by atoms with Crippen molar-refractivity contribution in [1.82, 2.24) is 29.9 Å². The van der Waals surface area contributed by atoms with Gasteiger partial charge in [-0.25, -0.2) is 9.78 Å². The summed E-state index contributed by atoms with van der Waals surface area (Å²) in [7, 11) is 1.83. The molecule has 1 N–H and O–H groups in total. The maximum absolute atomic E-state index is 12.9. The maximum atomic E-state index is 12.9. The summed E-state index contributed by atoms with van der Waals surface area (Å²) >= 11 is 0. The van der Waals surface area contributed by atoms with Gasteiger partial charge in [-0.3, -0.25) is 9.48 Å². The molecule has 9 nitrogen and oxygen atoms in total. The Balaban J connectivity index is 1.20. The fourth-order valence-electron chi connectivity index (χ4n) is 3.67. The van der Waals surface area contributed by atoms with Crippen LogP contribution in [0.15, 0.2) is 60.9 Å². The lowest BCUT2D eigenvalue weighted by Gasteiger charge is -2.34. The second kappa shape index (κ2) is 10.6. The van der Waals surface area contributed by atoms with Gasteiger partial charge in [-0.15, -0.1) is 0 Å². The Morgan fingerprint density at radius 2 is 1.67 bits per heavy atom. The molecule has 3 amide bonds. The quantitative estimate of drug-likeness (QED) is 0.598. The third kappa shape index (κ3) is 5.88. The van der Waals surface area contributed by atoms with E-state index in [4.69, 9.17) is 4.74 Å². The largest absolute Gasteiger partial charge is 0.489 e. The molecule has 33 heavy (non-hydrogen) atoms. The van der Waals surface area contributed by atoms with Crippen LogP contribution < -0.4 is 10.1 Å². The van der Waals surface area contributed by atoms with Gasteiger partial charge in [0.25, 0.3) is 5.91 Å². The zero-order valence-corrected chi connectivity index (χ0v) is 18.7. The second-order valence-corrected chi connectivity index (χ2v) is 7.86. The number of aromatic nitrogens is 3. The van der Waals surface area contributed by atoms with Crippen molar-refractivity contribution >= 4 is 11.9 Å². The van der Waals surface area contributed by atoms with Crippen molar-refractivity contribution in [2.75, 3.05) is 32.7 Å². The van der Waals surface area contributed by atoms with E-state index in [0.29, 0.717) is 51.3 Å². The van der Waals surface area contributed by atoms with Crippen LogP contribution in [0.1, 0.15) is 21.7 Å². The van der Waals surface area contributed by atoms with Crippen LogP contribution in [0.4, 0.5) is 4.79 Å². The van der Waals surface area contributed by atoms with Crippen LogP contribution >= 0.6 is 0 Å². The normalized spacial score (nSPS) is 13.6. The van der Waals surface area contributed by atoms with Gasteiger partial charge in [0, 0.05) is 51.8 Å². The SMILES string of the molecule is Cn1ncnc1CCNC(=O)N1CCN(C(=O)c2ccc(OCc3ccccc3)cc2)CC1. The first kappa shape index (κ1) is 22.3. The van der Waals surface area contributed by atoms with Crippen LogP contribution in [0.5, 0.6) is 5.75 Å². The van der Waals surface area contributed by atoms with Gasteiger partial charge in [0.1, 0.15) is 24.5 Å². The number of carbonyl (C=O) groups excluding carboxylic acids is 2. The zero-order chi connectivity index (χ0) is 23.0. The highest BCUT2D eigenvalue weighted by molar-refractivity contribution is 5.94. The fourth-order valence-corrected chi connectivity index (χ4v) is 3.67. The van der Waals surface area contributed by atoms with Crippen molar-refractivity contribution in [3.05, 3.63) is 77.9 Å². The fraction of sp³-hybridized carbons (Fsp3) is 0.333. The summed E-state index contributed by atoms with van der Waals surface area (Å²) in [5.74, 6) is 1.51. The molecule has 3 aromatic rings. The molecule has 0 unspecified atom stereocenters. The van der Waals surface area contributed by atoms with Gasteiger partial charge < -0.3 is 19.9 Å². The summed E-state index contributed by atoms with van der Waals surface area (Å²) in [6.07, 6.45) is 2.12. The number of benzene rings is 2. The molecular formula is C24H28N6O3. The summed E-state index contributed by atoms with van der Waals surface area (Å²) < 4.78 is 7.48. The number of piperazine rings is 1. The average Bonchev–Trinajstić information content (AvgIpc) is 3.28. The Morgan fingerprint density at radius 1 is 0.970 bits per heavy atom. The van der Waals surface area contributed by atoms with Gasteiger partial charge in [0.2, 0.25) is 0 Å². The molecule has 1 fully saturated rings. The van der Waals surface area contributed by atoms with Crippen LogP contribution in [0.3, 0.4) is 0 Å². The van der Waals surface area contributed by atoms with Gasteiger partial charge in [0.15, 0.2) is 0 Å². The number of carbonyl (C=O) groups is 2. The minimum Gasteiger partial charge on any atom is -0.489 e. The molecule has 9 heteroatoms. The minimum absolute atomic E-state index is 0.0352. The molecule has 2 aromatic carbocycles. The second-order valence-electron chi connectivity index (χ2n) is 7.86. The molecule has 4 rings (SSSR count). The van der Waals surface area contributed by atoms with E-state index >= 15 is 0 Å². The molecule has 172 valence electrons. The number of aryl methyl sites for hydroxylation is 1. The van der Waals surface area contributed by atoms with Crippen molar-refractivity contribution in [2.45, 2.75) is 13.0 Å². The third-order valence-corrected chi connectivity index (χ3v) is 5.63. The van der Waals surface area contributed by atoms with Gasteiger partial charge >= 0.3 is 6.03 Å². The van der Waals surface area contributed by atoms with Crippen LogP contribution in [0.25, 0.3) is 0 Å². The number of nitrogens with one attached hydrogen (secondary N) is 1. The molecule has 1 aliphatic heterocycles. The number of urea groups is 1. The minimum atomic E-state index is -0.121. The van der Waals surface area contributed by atoms with E-state index in [1.807, 2.05) is 49.5 Å². The molecule has 0 atom stereocenters. The molecule has 0 radical (unpaired) electrons. The highest BCUT2D eigenvalue weighted by Crippen LogP contribution is 2.16. The molecule has 2 heterocycles.